The maximum Gasteiger partial charge on any atom is 0.0409 e. The molecule has 2 N–H and O–H groups in total. The number of benzene rings is 1. The third kappa shape index (κ3) is 3.59. The van der Waals surface area contributed by atoms with Gasteiger partial charge in [0, 0.05) is 16.8 Å². The van der Waals surface area contributed by atoms with Gasteiger partial charge in [-0.3, -0.25) is 0 Å². The lowest BCUT2D eigenvalue weighted by Gasteiger charge is -2.10. The fourth-order valence-corrected chi connectivity index (χ4v) is 1.96. The highest BCUT2D eigenvalue weighted by Crippen LogP contribution is 2.19. The van der Waals surface area contributed by atoms with Crippen molar-refractivity contribution in [3.8, 4) is 0 Å². The molecule has 1 nitrogen and oxygen atoms in total. The van der Waals surface area contributed by atoms with Crippen LogP contribution >= 0.6 is 23.4 Å². The molecule has 0 fully saturated rings. The number of thioether (sulfide) groups is 1. The van der Waals surface area contributed by atoms with E-state index < -0.39 is 0 Å². The summed E-state index contributed by atoms with van der Waals surface area (Å²) in [7, 11) is 0. The van der Waals surface area contributed by atoms with Crippen LogP contribution in [0.2, 0.25) is 5.02 Å². The van der Waals surface area contributed by atoms with E-state index in [1.807, 2.05) is 36.0 Å². The minimum Gasteiger partial charge on any atom is -0.323 e. The fourth-order valence-electron chi connectivity index (χ4n) is 1.08. The van der Waals surface area contributed by atoms with Gasteiger partial charge in [-0.2, -0.15) is 11.8 Å². The fraction of sp³-hybridized carbons (Fsp3) is 0.400. The molecule has 0 radical (unpaired) electrons. The molecule has 1 atom stereocenters. The minimum absolute atomic E-state index is 0.101. The third-order valence-corrected chi connectivity index (χ3v) is 3.02. The summed E-state index contributed by atoms with van der Waals surface area (Å²) < 4.78 is 0. The number of halogens is 1. The van der Waals surface area contributed by atoms with Crippen LogP contribution in [-0.4, -0.2) is 11.5 Å². The van der Waals surface area contributed by atoms with Crippen LogP contribution in [0.15, 0.2) is 24.3 Å². The third-order valence-electron chi connectivity index (χ3n) is 1.78. The Bertz CT molecular complexity index is 265. The molecule has 0 aliphatic heterocycles. The summed E-state index contributed by atoms with van der Waals surface area (Å²) in [5.74, 6) is 2.06. The first-order valence-electron chi connectivity index (χ1n) is 4.33. The van der Waals surface area contributed by atoms with Gasteiger partial charge in [0.15, 0.2) is 0 Å². The van der Waals surface area contributed by atoms with Gasteiger partial charge in [0.05, 0.1) is 0 Å². The highest BCUT2D eigenvalue weighted by molar-refractivity contribution is 7.99. The van der Waals surface area contributed by atoms with Crippen LogP contribution in [-0.2, 0) is 0 Å². The average Bonchev–Trinajstić information content (AvgIpc) is 2.14. The van der Waals surface area contributed by atoms with Crippen molar-refractivity contribution in [2.24, 2.45) is 5.73 Å². The molecule has 1 rings (SSSR count). The Balaban J connectivity index is 2.60. The highest BCUT2D eigenvalue weighted by Gasteiger charge is 2.05. The first-order valence-corrected chi connectivity index (χ1v) is 5.86. The molecule has 0 amide bonds. The van der Waals surface area contributed by atoms with Crippen LogP contribution in [0, 0.1) is 0 Å². The second kappa shape index (κ2) is 5.53. The Morgan fingerprint density at radius 2 is 2.31 bits per heavy atom. The quantitative estimate of drug-likeness (QED) is 0.836. The molecule has 72 valence electrons. The highest BCUT2D eigenvalue weighted by atomic mass is 35.5. The first-order chi connectivity index (χ1) is 6.24. The lowest BCUT2D eigenvalue weighted by Crippen LogP contribution is -2.12. The molecule has 0 bridgehead atoms. The zero-order valence-electron chi connectivity index (χ0n) is 7.66. The van der Waals surface area contributed by atoms with Gasteiger partial charge in [-0.05, 0) is 23.4 Å². The molecule has 0 aliphatic carbocycles. The molecule has 0 aliphatic rings. The van der Waals surface area contributed by atoms with Crippen molar-refractivity contribution in [3.05, 3.63) is 34.9 Å². The molecule has 0 spiro atoms. The van der Waals surface area contributed by atoms with E-state index in [-0.39, 0.29) is 6.04 Å². The summed E-state index contributed by atoms with van der Waals surface area (Å²) in [6.45, 7) is 2.13. The van der Waals surface area contributed by atoms with Crippen molar-refractivity contribution in [1.29, 1.82) is 0 Å². The van der Waals surface area contributed by atoms with E-state index in [0.29, 0.717) is 0 Å². The van der Waals surface area contributed by atoms with Gasteiger partial charge in [0.2, 0.25) is 0 Å². The molecule has 1 unspecified atom stereocenters. The van der Waals surface area contributed by atoms with E-state index in [0.717, 1.165) is 22.1 Å². The maximum atomic E-state index is 5.97. The summed E-state index contributed by atoms with van der Waals surface area (Å²) >= 11 is 7.71. The molecule has 0 saturated heterocycles. The van der Waals surface area contributed by atoms with E-state index in [4.69, 9.17) is 17.3 Å². The average molecular weight is 216 g/mol. The van der Waals surface area contributed by atoms with E-state index in [9.17, 15) is 0 Å². The predicted molar refractivity (Wildman–Crippen MR) is 61.4 cm³/mol. The molecule has 0 heterocycles. The maximum absolute atomic E-state index is 5.97. The molecule has 1 aromatic carbocycles. The molecule has 13 heavy (non-hydrogen) atoms. The summed E-state index contributed by atoms with van der Waals surface area (Å²) in [5.41, 5.74) is 7.09. The Morgan fingerprint density at radius 1 is 1.54 bits per heavy atom. The molecular weight excluding hydrogens is 202 g/mol. The van der Waals surface area contributed by atoms with Crippen molar-refractivity contribution in [3.63, 3.8) is 0 Å². The van der Waals surface area contributed by atoms with Crippen molar-refractivity contribution >= 4 is 23.4 Å². The van der Waals surface area contributed by atoms with Gasteiger partial charge in [-0.1, -0.05) is 30.7 Å². The van der Waals surface area contributed by atoms with Crippen LogP contribution in [0.3, 0.4) is 0 Å². The number of hydrogen-bond donors (Lipinski definition) is 1. The minimum atomic E-state index is 0.101. The Labute approximate surface area is 88.7 Å². The largest absolute Gasteiger partial charge is 0.323 e. The van der Waals surface area contributed by atoms with Crippen LogP contribution in [0.25, 0.3) is 0 Å². The van der Waals surface area contributed by atoms with E-state index in [1.54, 1.807) is 0 Å². The zero-order chi connectivity index (χ0) is 9.68. The van der Waals surface area contributed by atoms with Crippen LogP contribution < -0.4 is 5.73 Å². The van der Waals surface area contributed by atoms with Crippen LogP contribution in [0.4, 0.5) is 0 Å². The second-order valence-electron chi connectivity index (χ2n) is 2.82. The summed E-state index contributed by atoms with van der Waals surface area (Å²) in [5, 5.41) is 0.759. The molecule has 0 aromatic heterocycles. The van der Waals surface area contributed by atoms with Crippen molar-refractivity contribution in [1.82, 2.24) is 0 Å². The molecule has 1 aromatic rings. The van der Waals surface area contributed by atoms with Crippen LogP contribution in [0.1, 0.15) is 18.5 Å². The van der Waals surface area contributed by atoms with E-state index >= 15 is 0 Å². The number of rotatable bonds is 4. The topological polar surface area (TPSA) is 26.0 Å². The monoisotopic (exact) mass is 215 g/mol. The van der Waals surface area contributed by atoms with Crippen LogP contribution in [0.5, 0.6) is 0 Å². The smallest absolute Gasteiger partial charge is 0.0409 e. The molecule has 3 heteroatoms. The van der Waals surface area contributed by atoms with Crippen molar-refractivity contribution in [2.45, 2.75) is 13.0 Å². The lowest BCUT2D eigenvalue weighted by atomic mass is 10.1. The SMILES string of the molecule is CCSCC(N)c1cccc(Cl)c1. The Morgan fingerprint density at radius 3 is 2.92 bits per heavy atom. The predicted octanol–water partition coefficient (Wildman–Crippen LogP) is 3.09. The summed E-state index contributed by atoms with van der Waals surface area (Å²) in [6, 6.07) is 7.86. The zero-order valence-corrected chi connectivity index (χ0v) is 9.24. The standard InChI is InChI=1S/C10H14ClNS/c1-2-13-7-10(12)8-4-3-5-9(11)6-8/h3-6,10H,2,7,12H2,1H3. The van der Waals surface area contributed by atoms with Gasteiger partial charge in [-0.15, -0.1) is 0 Å². The Kier molecular flexibility index (Phi) is 4.64. The molecular formula is C10H14ClNS. The van der Waals surface area contributed by atoms with E-state index in [2.05, 4.69) is 6.92 Å². The van der Waals surface area contributed by atoms with Gasteiger partial charge in [-0.25, -0.2) is 0 Å². The molecule has 0 saturated carbocycles. The lowest BCUT2D eigenvalue weighted by molar-refractivity contribution is 0.831. The Hall–Kier alpha value is -0.180. The summed E-state index contributed by atoms with van der Waals surface area (Å²) in [6.07, 6.45) is 0. The van der Waals surface area contributed by atoms with Gasteiger partial charge in [0.25, 0.3) is 0 Å². The number of hydrogen-bond acceptors (Lipinski definition) is 2. The summed E-state index contributed by atoms with van der Waals surface area (Å²) in [4.78, 5) is 0. The van der Waals surface area contributed by atoms with Gasteiger partial charge >= 0.3 is 0 Å². The first kappa shape index (κ1) is 10.9. The number of nitrogens with two attached hydrogens (primary N) is 1. The van der Waals surface area contributed by atoms with Gasteiger partial charge < -0.3 is 5.73 Å². The second-order valence-corrected chi connectivity index (χ2v) is 4.58. The van der Waals surface area contributed by atoms with Gasteiger partial charge in [0.1, 0.15) is 0 Å². The normalized spacial score (nSPS) is 12.8. The van der Waals surface area contributed by atoms with Crippen molar-refractivity contribution in [2.75, 3.05) is 11.5 Å². The van der Waals surface area contributed by atoms with Crippen molar-refractivity contribution < 1.29 is 0 Å². The van der Waals surface area contributed by atoms with E-state index in [1.165, 1.54) is 0 Å².